The van der Waals surface area contributed by atoms with Crippen LogP contribution in [0.4, 0.5) is 0 Å². The van der Waals surface area contributed by atoms with Gasteiger partial charge in [0.05, 0.1) is 7.11 Å². The summed E-state index contributed by atoms with van der Waals surface area (Å²) in [5.74, 6) is 0.841. The molecule has 102 valence electrons. The molecule has 1 aliphatic heterocycles. The van der Waals surface area contributed by atoms with Crippen LogP contribution in [0.2, 0.25) is 0 Å². The van der Waals surface area contributed by atoms with Crippen molar-refractivity contribution in [1.29, 1.82) is 0 Å². The molecule has 0 fully saturated rings. The maximum absolute atomic E-state index is 12.4. The van der Waals surface area contributed by atoms with Gasteiger partial charge in [-0.1, -0.05) is 18.2 Å². The molecule has 0 aliphatic carbocycles. The van der Waals surface area contributed by atoms with Crippen molar-refractivity contribution in [3.05, 3.63) is 59.4 Å². The summed E-state index contributed by atoms with van der Waals surface area (Å²) in [5.41, 5.74) is 2.73. The van der Waals surface area contributed by atoms with E-state index in [1.54, 1.807) is 13.3 Å². The number of benzene rings is 1. The third-order valence-corrected chi connectivity index (χ3v) is 3.56. The Hall–Kier alpha value is -2.36. The van der Waals surface area contributed by atoms with Crippen molar-refractivity contribution in [1.82, 2.24) is 9.88 Å². The third kappa shape index (κ3) is 2.37. The van der Waals surface area contributed by atoms with Gasteiger partial charge in [0.2, 0.25) is 0 Å². The van der Waals surface area contributed by atoms with Crippen LogP contribution in [0.3, 0.4) is 0 Å². The largest absolute Gasteiger partial charge is 0.497 e. The first-order valence-corrected chi connectivity index (χ1v) is 6.64. The molecule has 1 aliphatic rings. The van der Waals surface area contributed by atoms with E-state index in [2.05, 4.69) is 4.98 Å². The fourth-order valence-electron chi connectivity index (χ4n) is 2.44. The molecule has 4 heteroatoms. The van der Waals surface area contributed by atoms with Crippen LogP contribution in [-0.4, -0.2) is 29.4 Å². The first kappa shape index (κ1) is 12.7. The quantitative estimate of drug-likeness (QED) is 0.857. The Balaban J connectivity index is 1.77. The fourth-order valence-corrected chi connectivity index (χ4v) is 2.44. The average Bonchev–Trinajstić information content (AvgIpc) is 2.51. The summed E-state index contributed by atoms with van der Waals surface area (Å²) in [4.78, 5) is 18.4. The number of aromatic nitrogens is 1. The number of hydrogen-bond donors (Lipinski definition) is 0. The lowest BCUT2D eigenvalue weighted by atomic mass is 10.0. The van der Waals surface area contributed by atoms with Crippen molar-refractivity contribution in [2.45, 2.75) is 13.0 Å². The summed E-state index contributed by atoms with van der Waals surface area (Å²) < 4.78 is 5.14. The van der Waals surface area contributed by atoms with E-state index in [1.165, 1.54) is 0 Å². The van der Waals surface area contributed by atoms with Crippen molar-refractivity contribution in [2.75, 3.05) is 13.7 Å². The minimum Gasteiger partial charge on any atom is -0.497 e. The van der Waals surface area contributed by atoms with Crippen LogP contribution >= 0.6 is 0 Å². The number of rotatable bonds is 3. The van der Waals surface area contributed by atoms with Crippen LogP contribution in [0.15, 0.2) is 42.6 Å². The molecule has 0 bridgehead atoms. The molecule has 2 heterocycles. The van der Waals surface area contributed by atoms with E-state index >= 15 is 0 Å². The average molecular weight is 268 g/mol. The highest BCUT2D eigenvalue weighted by Gasteiger charge is 2.25. The predicted molar refractivity (Wildman–Crippen MR) is 75.7 cm³/mol. The van der Waals surface area contributed by atoms with Gasteiger partial charge in [0, 0.05) is 19.3 Å². The van der Waals surface area contributed by atoms with E-state index in [0.717, 1.165) is 29.8 Å². The van der Waals surface area contributed by atoms with Crippen LogP contribution in [0.1, 0.15) is 21.6 Å². The standard InChI is InChI=1S/C16H16N2O2/c1-20-14-6-4-12(5-7-14)11-18-10-8-13-3-2-9-17-15(13)16(18)19/h2-7,9H,8,10-11H2,1H3. The summed E-state index contributed by atoms with van der Waals surface area (Å²) in [5, 5.41) is 0. The van der Waals surface area contributed by atoms with Crippen molar-refractivity contribution in [2.24, 2.45) is 0 Å². The van der Waals surface area contributed by atoms with E-state index in [-0.39, 0.29) is 5.91 Å². The Morgan fingerprint density at radius 3 is 2.80 bits per heavy atom. The van der Waals surface area contributed by atoms with Crippen LogP contribution in [0.5, 0.6) is 5.75 Å². The van der Waals surface area contributed by atoms with E-state index in [4.69, 9.17) is 4.74 Å². The molecule has 4 nitrogen and oxygen atoms in total. The van der Waals surface area contributed by atoms with Gasteiger partial charge in [-0.25, -0.2) is 0 Å². The second-order valence-corrected chi connectivity index (χ2v) is 4.84. The van der Waals surface area contributed by atoms with Gasteiger partial charge in [0.15, 0.2) is 0 Å². The fraction of sp³-hybridized carbons (Fsp3) is 0.250. The Morgan fingerprint density at radius 1 is 1.25 bits per heavy atom. The predicted octanol–water partition coefficient (Wildman–Crippen LogP) is 2.29. The van der Waals surface area contributed by atoms with Gasteiger partial charge in [0.1, 0.15) is 11.4 Å². The summed E-state index contributed by atoms with van der Waals surface area (Å²) in [7, 11) is 1.64. The maximum Gasteiger partial charge on any atom is 0.273 e. The number of methoxy groups -OCH3 is 1. The number of fused-ring (bicyclic) bond motifs is 1. The molecule has 0 N–H and O–H groups in total. The molecule has 0 saturated heterocycles. The number of ether oxygens (including phenoxy) is 1. The number of amides is 1. The zero-order valence-electron chi connectivity index (χ0n) is 11.4. The monoisotopic (exact) mass is 268 g/mol. The van der Waals surface area contributed by atoms with Gasteiger partial charge >= 0.3 is 0 Å². The van der Waals surface area contributed by atoms with E-state index in [1.807, 2.05) is 41.3 Å². The van der Waals surface area contributed by atoms with E-state index in [9.17, 15) is 4.79 Å². The number of pyridine rings is 1. The first-order chi connectivity index (χ1) is 9.78. The first-order valence-electron chi connectivity index (χ1n) is 6.64. The van der Waals surface area contributed by atoms with Gasteiger partial charge in [0.25, 0.3) is 5.91 Å². The van der Waals surface area contributed by atoms with Gasteiger partial charge in [-0.2, -0.15) is 0 Å². The van der Waals surface area contributed by atoms with Crippen molar-refractivity contribution in [3.8, 4) is 5.75 Å². The molecule has 20 heavy (non-hydrogen) atoms. The van der Waals surface area contributed by atoms with Crippen LogP contribution in [-0.2, 0) is 13.0 Å². The molecule has 1 aromatic carbocycles. The second-order valence-electron chi connectivity index (χ2n) is 4.84. The molecule has 1 amide bonds. The van der Waals surface area contributed by atoms with Gasteiger partial charge in [-0.3, -0.25) is 9.78 Å². The van der Waals surface area contributed by atoms with Gasteiger partial charge < -0.3 is 9.64 Å². The lowest BCUT2D eigenvalue weighted by Gasteiger charge is -2.27. The molecule has 0 unspecified atom stereocenters. The highest BCUT2D eigenvalue weighted by atomic mass is 16.5. The maximum atomic E-state index is 12.4. The summed E-state index contributed by atoms with van der Waals surface area (Å²) in [6, 6.07) is 11.7. The van der Waals surface area contributed by atoms with Crippen molar-refractivity contribution < 1.29 is 9.53 Å². The Labute approximate surface area is 118 Å². The molecular formula is C16H16N2O2. The van der Waals surface area contributed by atoms with Crippen LogP contribution in [0, 0.1) is 0 Å². The number of carbonyl (C=O) groups is 1. The summed E-state index contributed by atoms with van der Waals surface area (Å²) in [6.07, 6.45) is 2.54. The zero-order chi connectivity index (χ0) is 13.9. The third-order valence-electron chi connectivity index (χ3n) is 3.56. The normalized spacial score (nSPS) is 14.1. The van der Waals surface area contributed by atoms with E-state index in [0.29, 0.717) is 12.2 Å². The lowest BCUT2D eigenvalue weighted by Crippen LogP contribution is -2.37. The van der Waals surface area contributed by atoms with Crippen LogP contribution < -0.4 is 4.74 Å². The SMILES string of the molecule is COc1ccc(CN2CCc3cccnc3C2=O)cc1. The molecule has 3 rings (SSSR count). The van der Waals surface area contributed by atoms with Crippen molar-refractivity contribution in [3.63, 3.8) is 0 Å². The van der Waals surface area contributed by atoms with Crippen LogP contribution in [0.25, 0.3) is 0 Å². The minimum absolute atomic E-state index is 0.0164. The van der Waals surface area contributed by atoms with Gasteiger partial charge in [-0.15, -0.1) is 0 Å². The van der Waals surface area contributed by atoms with Crippen molar-refractivity contribution >= 4 is 5.91 Å². The lowest BCUT2D eigenvalue weighted by molar-refractivity contribution is 0.0720. The number of hydrogen-bond acceptors (Lipinski definition) is 3. The summed E-state index contributed by atoms with van der Waals surface area (Å²) in [6.45, 7) is 1.35. The Kier molecular flexibility index (Phi) is 3.37. The second kappa shape index (κ2) is 5.33. The molecule has 0 radical (unpaired) electrons. The molecule has 2 aromatic rings. The molecule has 0 atom stereocenters. The van der Waals surface area contributed by atoms with Gasteiger partial charge in [-0.05, 0) is 35.7 Å². The molecule has 1 aromatic heterocycles. The highest BCUT2D eigenvalue weighted by molar-refractivity contribution is 5.94. The zero-order valence-corrected chi connectivity index (χ0v) is 11.4. The molecule has 0 spiro atoms. The topological polar surface area (TPSA) is 42.4 Å². The number of carbonyl (C=O) groups excluding carboxylic acids is 1. The smallest absolute Gasteiger partial charge is 0.273 e. The Morgan fingerprint density at radius 2 is 2.05 bits per heavy atom. The molecule has 0 saturated carbocycles. The van der Waals surface area contributed by atoms with E-state index < -0.39 is 0 Å². The number of nitrogens with zero attached hydrogens (tertiary/aromatic N) is 2. The highest BCUT2D eigenvalue weighted by Crippen LogP contribution is 2.19. The molecular weight excluding hydrogens is 252 g/mol. The summed E-state index contributed by atoms with van der Waals surface area (Å²) >= 11 is 0. The minimum atomic E-state index is 0.0164. The Bertz CT molecular complexity index is 623.